The highest BCUT2D eigenvalue weighted by Gasteiger charge is 2.36. The van der Waals surface area contributed by atoms with E-state index in [1.807, 2.05) is 0 Å². The van der Waals surface area contributed by atoms with E-state index in [4.69, 9.17) is 10.8 Å². The first kappa shape index (κ1) is 13.8. The molecule has 0 aromatic carbocycles. The number of hydrogen-bond donors (Lipinski definition) is 3. The molecule has 1 atom stereocenters. The molecule has 0 saturated heterocycles. The normalized spacial score (nSPS) is 21.9. The molecule has 1 aromatic rings. The summed E-state index contributed by atoms with van der Waals surface area (Å²) in [4.78, 5) is 26.5. The fourth-order valence-corrected chi connectivity index (χ4v) is 2.13. The van der Waals surface area contributed by atoms with Crippen LogP contribution in [0.3, 0.4) is 0 Å². The number of anilines is 1. The highest BCUT2D eigenvalue weighted by atomic mass is 16.4. The molecular weight excluding hydrogens is 260 g/mol. The van der Waals surface area contributed by atoms with Gasteiger partial charge in [-0.15, -0.1) is 0 Å². The summed E-state index contributed by atoms with van der Waals surface area (Å²) in [5.74, 6) is -2.20. The number of nitrogens with two attached hydrogens (primary N) is 1. The first-order valence-electron chi connectivity index (χ1n) is 5.93. The summed E-state index contributed by atoms with van der Waals surface area (Å²) < 4.78 is 0. The van der Waals surface area contributed by atoms with Crippen LogP contribution in [0.5, 0.6) is 0 Å². The minimum Gasteiger partial charge on any atom is -0.481 e. The van der Waals surface area contributed by atoms with Crippen molar-refractivity contribution in [1.82, 2.24) is 4.98 Å². The third-order valence-electron chi connectivity index (χ3n) is 3.22. The van der Waals surface area contributed by atoms with Gasteiger partial charge in [0.25, 0.3) is 0 Å². The summed E-state index contributed by atoms with van der Waals surface area (Å²) in [5, 5.41) is 18.5. The molecule has 104 valence electrons. The smallest absolute Gasteiger partial charge is 0.331 e. The maximum absolute atomic E-state index is 11.4. The maximum atomic E-state index is 11.4. The molecule has 2 rings (SSSR count). The van der Waals surface area contributed by atoms with Crippen molar-refractivity contribution < 1.29 is 19.8 Å². The number of nitrogen functional groups attached to an aromatic ring is 1. The van der Waals surface area contributed by atoms with Gasteiger partial charge in [-0.05, 0) is 31.1 Å². The lowest BCUT2D eigenvalue weighted by molar-refractivity contribution is -0.145. The summed E-state index contributed by atoms with van der Waals surface area (Å²) in [6.45, 7) is 1.49. The van der Waals surface area contributed by atoms with Crippen LogP contribution >= 0.6 is 0 Å². The lowest BCUT2D eigenvalue weighted by Crippen LogP contribution is -2.29. The van der Waals surface area contributed by atoms with Crippen LogP contribution in [0, 0.1) is 5.41 Å². The molecule has 0 aliphatic heterocycles. The predicted octanol–water partition coefficient (Wildman–Crippen LogP) is 1.55. The fourth-order valence-electron chi connectivity index (χ4n) is 2.13. The van der Waals surface area contributed by atoms with E-state index < -0.39 is 17.4 Å². The number of aromatic nitrogens is 1. The van der Waals surface area contributed by atoms with Crippen molar-refractivity contribution in [2.45, 2.75) is 13.3 Å². The average Bonchev–Trinajstić information content (AvgIpc) is 2.38. The largest absolute Gasteiger partial charge is 0.481 e. The number of carbonyl (C=O) groups is 2. The van der Waals surface area contributed by atoms with Gasteiger partial charge in [-0.3, -0.25) is 9.78 Å². The first-order valence-corrected chi connectivity index (χ1v) is 5.93. The van der Waals surface area contributed by atoms with Gasteiger partial charge in [0.05, 0.1) is 11.1 Å². The molecular formula is C14H14N2O4. The monoisotopic (exact) mass is 274 g/mol. The van der Waals surface area contributed by atoms with Crippen molar-refractivity contribution in [2.75, 3.05) is 5.73 Å². The second-order valence-electron chi connectivity index (χ2n) is 4.98. The van der Waals surface area contributed by atoms with Gasteiger partial charge < -0.3 is 15.9 Å². The molecule has 0 fully saturated rings. The molecule has 6 heteroatoms. The molecule has 1 heterocycles. The van der Waals surface area contributed by atoms with E-state index in [0.717, 1.165) is 0 Å². The van der Waals surface area contributed by atoms with E-state index in [0.29, 0.717) is 16.8 Å². The van der Waals surface area contributed by atoms with Crippen molar-refractivity contribution in [3.05, 3.63) is 41.7 Å². The molecule has 0 bridgehead atoms. The van der Waals surface area contributed by atoms with Gasteiger partial charge in [0, 0.05) is 23.5 Å². The number of hydrogen-bond acceptors (Lipinski definition) is 4. The number of pyridine rings is 1. The van der Waals surface area contributed by atoms with Gasteiger partial charge in [0.15, 0.2) is 0 Å². The SMILES string of the molecule is CC1(C(=O)O)C=C(c2cncc(N)c2)C=C(C(=O)O)C1. The van der Waals surface area contributed by atoms with Crippen LogP contribution in [0.4, 0.5) is 5.69 Å². The highest BCUT2D eigenvalue weighted by Crippen LogP contribution is 2.37. The van der Waals surface area contributed by atoms with Crippen LogP contribution in [0.2, 0.25) is 0 Å². The second kappa shape index (κ2) is 4.80. The lowest BCUT2D eigenvalue weighted by atomic mass is 9.76. The zero-order valence-electron chi connectivity index (χ0n) is 10.8. The Labute approximate surface area is 115 Å². The fraction of sp³-hybridized carbons (Fsp3) is 0.214. The Morgan fingerprint density at radius 1 is 1.35 bits per heavy atom. The van der Waals surface area contributed by atoms with Gasteiger partial charge in [-0.1, -0.05) is 6.08 Å². The zero-order chi connectivity index (χ0) is 14.9. The number of rotatable bonds is 3. The Kier molecular flexibility index (Phi) is 3.31. The summed E-state index contributed by atoms with van der Waals surface area (Å²) >= 11 is 0. The molecule has 1 aliphatic carbocycles. The number of allylic oxidation sites excluding steroid dienone is 2. The van der Waals surface area contributed by atoms with Crippen molar-refractivity contribution in [3.63, 3.8) is 0 Å². The van der Waals surface area contributed by atoms with E-state index in [1.165, 1.54) is 31.5 Å². The molecule has 1 aliphatic rings. The molecule has 4 N–H and O–H groups in total. The summed E-state index contributed by atoms with van der Waals surface area (Å²) in [6.07, 6.45) is 5.93. The molecule has 1 aromatic heterocycles. The first-order chi connectivity index (χ1) is 9.32. The number of carboxylic acids is 2. The van der Waals surface area contributed by atoms with Gasteiger partial charge in [-0.25, -0.2) is 4.79 Å². The Bertz CT molecular complexity index is 648. The number of carboxylic acid groups (broad SMARTS) is 2. The van der Waals surface area contributed by atoms with Crippen LogP contribution in [0.25, 0.3) is 5.57 Å². The maximum Gasteiger partial charge on any atom is 0.331 e. The van der Waals surface area contributed by atoms with Crippen LogP contribution in [0.15, 0.2) is 36.2 Å². The zero-order valence-corrected chi connectivity index (χ0v) is 10.8. The summed E-state index contributed by atoms with van der Waals surface area (Å²) in [5.41, 5.74) is 5.95. The van der Waals surface area contributed by atoms with Crippen LogP contribution in [-0.2, 0) is 9.59 Å². The minimum atomic E-state index is -1.26. The molecule has 1 unspecified atom stereocenters. The van der Waals surface area contributed by atoms with E-state index >= 15 is 0 Å². The van der Waals surface area contributed by atoms with Crippen LogP contribution < -0.4 is 5.73 Å². The van der Waals surface area contributed by atoms with E-state index in [9.17, 15) is 14.7 Å². The number of aliphatic carboxylic acids is 2. The topological polar surface area (TPSA) is 114 Å². The van der Waals surface area contributed by atoms with Crippen molar-refractivity contribution in [3.8, 4) is 0 Å². The van der Waals surface area contributed by atoms with Gasteiger partial charge in [-0.2, -0.15) is 0 Å². The van der Waals surface area contributed by atoms with E-state index in [-0.39, 0.29) is 12.0 Å². The van der Waals surface area contributed by atoms with Crippen LogP contribution in [0.1, 0.15) is 18.9 Å². The van der Waals surface area contributed by atoms with Gasteiger partial charge in [0.2, 0.25) is 0 Å². The van der Waals surface area contributed by atoms with E-state index in [1.54, 1.807) is 6.07 Å². The van der Waals surface area contributed by atoms with E-state index in [2.05, 4.69) is 4.98 Å². The third kappa shape index (κ3) is 2.54. The molecule has 0 radical (unpaired) electrons. The molecule has 6 nitrogen and oxygen atoms in total. The highest BCUT2D eigenvalue weighted by molar-refractivity contribution is 5.96. The van der Waals surface area contributed by atoms with Gasteiger partial charge >= 0.3 is 11.9 Å². The second-order valence-corrected chi connectivity index (χ2v) is 4.98. The molecule has 0 spiro atoms. The van der Waals surface area contributed by atoms with Crippen molar-refractivity contribution >= 4 is 23.2 Å². The van der Waals surface area contributed by atoms with Crippen molar-refractivity contribution in [1.29, 1.82) is 0 Å². The quantitative estimate of drug-likeness (QED) is 0.770. The lowest BCUT2D eigenvalue weighted by Gasteiger charge is -2.26. The Morgan fingerprint density at radius 2 is 2.05 bits per heavy atom. The summed E-state index contributed by atoms with van der Waals surface area (Å²) in [6, 6.07) is 1.63. The van der Waals surface area contributed by atoms with Crippen molar-refractivity contribution in [2.24, 2.45) is 5.41 Å². The minimum absolute atomic E-state index is 0.0508. The Morgan fingerprint density at radius 3 is 2.60 bits per heavy atom. The van der Waals surface area contributed by atoms with Crippen LogP contribution in [-0.4, -0.2) is 27.1 Å². The van der Waals surface area contributed by atoms with Gasteiger partial charge in [0.1, 0.15) is 0 Å². The standard InChI is InChI=1S/C14H14N2O4/c1-14(13(19)20)4-8(2-9(5-14)12(17)18)10-3-11(15)7-16-6-10/h2-4,6-7H,5,15H2,1H3,(H,17,18)(H,19,20). The summed E-state index contributed by atoms with van der Waals surface area (Å²) in [7, 11) is 0. The third-order valence-corrected chi connectivity index (χ3v) is 3.22. The molecule has 0 amide bonds. The molecule has 20 heavy (non-hydrogen) atoms. The predicted molar refractivity (Wildman–Crippen MR) is 72.7 cm³/mol. The average molecular weight is 274 g/mol. The Balaban J connectivity index is 2.56. The Hall–Kier alpha value is -2.63. The molecule has 0 saturated carbocycles. The number of nitrogens with zero attached hydrogens (tertiary/aromatic N) is 1.